The minimum atomic E-state index is 0.701. The lowest BCUT2D eigenvalue weighted by Crippen LogP contribution is -1.99. The first-order chi connectivity index (χ1) is 23.5. The molecule has 0 saturated heterocycles. The van der Waals surface area contributed by atoms with Crippen molar-refractivity contribution in [1.82, 2.24) is 0 Å². The second-order valence-corrected chi connectivity index (χ2v) is 19.7. The van der Waals surface area contributed by atoms with E-state index in [1.807, 2.05) is 22.7 Å². The molecule has 0 aliphatic carbocycles. The van der Waals surface area contributed by atoms with Gasteiger partial charge in [0, 0.05) is 9.75 Å². The van der Waals surface area contributed by atoms with Crippen LogP contribution in [0.15, 0.2) is 19.7 Å². The summed E-state index contributed by atoms with van der Waals surface area (Å²) in [6, 6.07) is 5.19. The molecule has 0 aliphatic rings. The molecule has 0 bridgehead atoms. The molecule has 2 unspecified atom stereocenters. The van der Waals surface area contributed by atoms with Gasteiger partial charge in [-0.05, 0) is 92.6 Å². The molecule has 0 aromatic carbocycles. The average Bonchev–Trinajstić information content (AvgIpc) is 3.67. The summed E-state index contributed by atoms with van der Waals surface area (Å²) in [6.07, 6.45) is 41.8. The molecular formula is C44H76Br2S2. The first kappa shape index (κ1) is 44.5. The Kier molecular flexibility index (Phi) is 27.7. The lowest BCUT2D eigenvalue weighted by molar-refractivity contribution is 0.485. The fourth-order valence-electron chi connectivity index (χ4n) is 7.51. The average molecular weight is 829 g/mol. The topological polar surface area (TPSA) is 0 Å². The molecule has 0 saturated carbocycles. The van der Waals surface area contributed by atoms with E-state index < -0.39 is 0 Å². The molecular weight excluding hydrogens is 752 g/mol. The molecule has 2 heterocycles. The van der Waals surface area contributed by atoms with E-state index in [0.717, 1.165) is 0 Å². The van der Waals surface area contributed by atoms with Crippen LogP contribution in [0.25, 0.3) is 9.75 Å². The van der Waals surface area contributed by atoms with Crippen LogP contribution in [0.3, 0.4) is 0 Å². The summed E-state index contributed by atoms with van der Waals surface area (Å²) >= 11 is 12.2. The second-order valence-electron chi connectivity index (χ2n) is 15.0. The van der Waals surface area contributed by atoms with Crippen molar-refractivity contribution in [3.05, 3.63) is 30.8 Å². The number of hydrogen-bond donors (Lipinski definition) is 0. The number of thiophene rings is 2. The van der Waals surface area contributed by atoms with Gasteiger partial charge < -0.3 is 0 Å². The van der Waals surface area contributed by atoms with Crippen LogP contribution in [0.1, 0.15) is 243 Å². The van der Waals surface area contributed by atoms with E-state index in [1.165, 1.54) is 210 Å². The van der Waals surface area contributed by atoms with Crippen molar-refractivity contribution in [2.75, 3.05) is 0 Å². The smallest absolute Gasteiger partial charge is 0.0740 e. The summed E-state index contributed by atoms with van der Waals surface area (Å²) in [6.45, 7) is 9.29. The van der Waals surface area contributed by atoms with E-state index in [0.29, 0.717) is 11.8 Å². The molecule has 0 nitrogen and oxygen atoms in total. The third kappa shape index (κ3) is 19.3. The zero-order valence-electron chi connectivity index (χ0n) is 32.1. The second kappa shape index (κ2) is 29.9. The van der Waals surface area contributed by atoms with E-state index in [-0.39, 0.29) is 0 Å². The van der Waals surface area contributed by atoms with Crippen LogP contribution in [-0.2, 0) is 0 Å². The zero-order valence-corrected chi connectivity index (χ0v) is 36.9. The van der Waals surface area contributed by atoms with Gasteiger partial charge in [0.15, 0.2) is 0 Å². The van der Waals surface area contributed by atoms with Crippen molar-refractivity contribution in [2.24, 2.45) is 0 Å². The molecule has 2 atom stereocenters. The van der Waals surface area contributed by atoms with Gasteiger partial charge in [-0.2, -0.15) is 0 Å². The van der Waals surface area contributed by atoms with Crippen molar-refractivity contribution >= 4 is 54.5 Å². The van der Waals surface area contributed by atoms with Gasteiger partial charge in [-0.15, -0.1) is 22.7 Å². The lowest BCUT2D eigenvalue weighted by Gasteiger charge is -2.17. The maximum Gasteiger partial charge on any atom is 0.0740 e. The van der Waals surface area contributed by atoms with Crippen LogP contribution in [0.2, 0.25) is 0 Å². The van der Waals surface area contributed by atoms with E-state index in [4.69, 9.17) is 0 Å². The molecule has 48 heavy (non-hydrogen) atoms. The number of hydrogen-bond acceptors (Lipinski definition) is 2. The highest BCUT2D eigenvalue weighted by atomic mass is 79.9. The van der Waals surface area contributed by atoms with Gasteiger partial charge in [0.05, 0.1) is 7.57 Å². The fraction of sp³-hybridized carbons (Fsp3) is 0.818. The first-order valence-corrected chi connectivity index (χ1v) is 24.4. The highest BCUT2D eigenvalue weighted by Crippen LogP contribution is 2.47. The SMILES string of the molecule is CCCCCCCCCC(CCCCCCCC)c1cc(-c2cc(C(CCCCCCCC)CCCCCCCCC)c(Br)s2)sc1Br. The third-order valence-electron chi connectivity index (χ3n) is 10.7. The van der Waals surface area contributed by atoms with Gasteiger partial charge in [-0.3, -0.25) is 0 Å². The lowest BCUT2D eigenvalue weighted by atomic mass is 9.89. The molecule has 0 aliphatic heterocycles. The Morgan fingerprint density at radius 2 is 0.604 bits per heavy atom. The molecule has 2 aromatic rings. The summed E-state index contributed by atoms with van der Waals surface area (Å²) in [5.41, 5.74) is 3.21. The number of rotatable bonds is 33. The van der Waals surface area contributed by atoms with Crippen molar-refractivity contribution < 1.29 is 0 Å². The summed E-state index contributed by atoms with van der Waals surface area (Å²) < 4.78 is 2.79. The first-order valence-electron chi connectivity index (χ1n) is 21.1. The van der Waals surface area contributed by atoms with Gasteiger partial charge in [0.25, 0.3) is 0 Å². The Hall–Kier alpha value is 0.360. The van der Waals surface area contributed by atoms with Gasteiger partial charge in [-0.1, -0.05) is 195 Å². The van der Waals surface area contributed by atoms with Crippen LogP contribution in [0.5, 0.6) is 0 Å². The Morgan fingerprint density at radius 3 is 0.854 bits per heavy atom. The highest BCUT2D eigenvalue weighted by molar-refractivity contribution is 9.11. The summed E-state index contributed by atoms with van der Waals surface area (Å²) in [4.78, 5) is 2.96. The molecule has 0 radical (unpaired) electrons. The number of halogens is 2. The van der Waals surface area contributed by atoms with Crippen molar-refractivity contribution in [1.29, 1.82) is 0 Å². The predicted molar refractivity (Wildman–Crippen MR) is 230 cm³/mol. The van der Waals surface area contributed by atoms with E-state index >= 15 is 0 Å². The summed E-state index contributed by atoms with van der Waals surface area (Å²) in [5, 5.41) is 0. The van der Waals surface area contributed by atoms with Crippen LogP contribution < -0.4 is 0 Å². The quantitative estimate of drug-likeness (QED) is 0.0629. The molecule has 0 spiro atoms. The van der Waals surface area contributed by atoms with Crippen LogP contribution in [-0.4, -0.2) is 0 Å². The van der Waals surface area contributed by atoms with Gasteiger partial charge in [0.2, 0.25) is 0 Å². The zero-order chi connectivity index (χ0) is 34.7. The normalized spacial score (nSPS) is 13.0. The molecule has 278 valence electrons. The maximum atomic E-state index is 4.10. The Labute approximate surface area is 325 Å². The largest absolute Gasteiger partial charge is 0.127 e. The molecule has 0 fully saturated rings. The van der Waals surface area contributed by atoms with Crippen LogP contribution in [0.4, 0.5) is 0 Å². The van der Waals surface area contributed by atoms with E-state index in [9.17, 15) is 0 Å². The van der Waals surface area contributed by atoms with Gasteiger partial charge >= 0.3 is 0 Å². The Bertz CT molecular complexity index is 927. The van der Waals surface area contributed by atoms with E-state index in [2.05, 4.69) is 71.7 Å². The molecule has 0 amide bonds. The molecule has 0 N–H and O–H groups in total. The minimum absolute atomic E-state index is 0.701. The molecule has 2 rings (SSSR count). The molecule has 4 heteroatoms. The Balaban J connectivity index is 2.11. The number of unbranched alkanes of at least 4 members (excludes halogenated alkanes) is 22. The third-order valence-corrected chi connectivity index (χ3v) is 14.6. The maximum absolute atomic E-state index is 4.10. The van der Waals surface area contributed by atoms with Crippen LogP contribution in [0, 0.1) is 0 Å². The molecule has 2 aromatic heterocycles. The summed E-state index contributed by atoms with van der Waals surface area (Å²) in [7, 11) is 0. The van der Waals surface area contributed by atoms with E-state index in [1.54, 1.807) is 11.1 Å². The van der Waals surface area contributed by atoms with Gasteiger partial charge in [-0.25, -0.2) is 0 Å². The standard InChI is InChI=1S/C44H76Br2S2/c1-5-9-13-17-21-25-29-33-37(31-27-23-19-15-11-7-3)39-35-41(47-43(39)45)42-36-40(44(46)48-42)38(32-28-24-20-16-12-8-4)34-30-26-22-18-14-10-6-2/h35-38H,5-34H2,1-4H3. The van der Waals surface area contributed by atoms with Gasteiger partial charge in [0.1, 0.15) is 0 Å². The highest BCUT2D eigenvalue weighted by Gasteiger charge is 2.22. The summed E-state index contributed by atoms with van der Waals surface area (Å²) in [5.74, 6) is 1.40. The Morgan fingerprint density at radius 1 is 0.375 bits per heavy atom. The predicted octanol–water partition coefficient (Wildman–Crippen LogP) is 19.0. The van der Waals surface area contributed by atoms with Crippen LogP contribution >= 0.6 is 54.5 Å². The minimum Gasteiger partial charge on any atom is -0.127 e. The fourth-order valence-corrected chi connectivity index (χ4v) is 11.5. The van der Waals surface area contributed by atoms with Crippen molar-refractivity contribution in [2.45, 2.75) is 232 Å². The van der Waals surface area contributed by atoms with Crippen molar-refractivity contribution in [3.63, 3.8) is 0 Å². The van der Waals surface area contributed by atoms with Crippen molar-refractivity contribution in [3.8, 4) is 9.75 Å². The monoisotopic (exact) mass is 826 g/mol.